The van der Waals surface area contributed by atoms with Crippen molar-refractivity contribution in [3.05, 3.63) is 121 Å². The third-order valence-corrected chi connectivity index (χ3v) is 11.6. The van der Waals surface area contributed by atoms with Crippen LogP contribution in [0.5, 0.6) is 23.0 Å². The summed E-state index contributed by atoms with van der Waals surface area (Å²) in [5, 5.41) is 5.48. The summed E-state index contributed by atoms with van der Waals surface area (Å²) in [5.74, 6) is -0.322. The molecule has 0 spiro atoms. The zero-order chi connectivity index (χ0) is 36.6. The van der Waals surface area contributed by atoms with Crippen molar-refractivity contribution >= 4 is 60.0 Å². The molecular weight excluding hydrogens is 876 g/mol. The number of hydrogen-bond donors (Lipinski definition) is 2. The molecule has 0 saturated carbocycles. The molecule has 4 unspecified atom stereocenters. The van der Waals surface area contributed by atoms with Gasteiger partial charge in [-0.05, 0) is 0 Å². The molecule has 15 nitrogen and oxygen atoms in total. The largest absolute Gasteiger partial charge is 0.412 e. The monoisotopic (exact) mass is 930 g/mol. The zero-order valence-electron chi connectivity index (χ0n) is 30.9. The van der Waals surface area contributed by atoms with Crippen LogP contribution in [0.3, 0.4) is 0 Å². The molecular formula is C36H52Ge2N2O13P2. The summed E-state index contributed by atoms with van der Waals surface area (Å²) < 4.78 is 50.9. The third-order valence-electron chi connectivity index (χ3n) is 6.56. The fraction of sp³-hybridized carbons (Fsp3) is 0.278. The second kappa shape index (κ2) is 27.9. The standard InChI is InChI=1S/2C18H21GeNO4P.5H2O/c2*1-14(19)13-18(20-15(2)21)25(22,23-16-9-5-3-6-10-16)24-17-11-7-4-8-12-17;;;;;/h2*3-12,14,18H,13H2,1-2H3,(H,20,21);5*1H2. The van der Waals surface area contributed by atoms with E-state index in [9.17, 15) is 18.7 Å². The maximum atomic E-state index is 13.7. The van der Waals surface area contributed by atoms with Crippen molar-refractivity contribution in [3.63, 3.8) is 0 Å². The zero-order valence-corrected chi connectivity index (χ0v) is 36.9. The second-order valence-corrected chi connectivity index (χ2v) is 19.7. The average Bonchev–Trinajstić information content (AvgIpc) is 3.05. The Hall–Kier alpha value is -3.63. The molecule has 0 aromatic heterocycles. The Morgan fingerprint density at radius 1 is 0.491 bits per heavy atom. The minimum atomic E-state index is -3.71. The molecule has 6 radical (unpaired) electrons. The average molecular weight is 928 g/mol. The van der Waals surface area contributed by atoms with Gasteiger partial charge in [-0.1, -0.05) is 0 Å². The molecule has 4 aromatic rings. The molecule has 0 aliphatic heterocycles. The molecule has 19 heteroatoms. The molecule has 0 aliphatic rings. The Morgan fingerprint density at radius 3 is 0.855 bits per heavy atom. The number of rotatable bonds is 16. The van der Waals surface area contributed by atoms with E-state index >= 15 is 0 Å². The smallest absolute Gasteiger partial charge is 0.412 e. The molecule has 4 rings (SSSR count). The molecule has 0 fully saturated rings. The van der Waals surface area contributed by atoms with Gasteiger partial charge in [0.15, 0.2) is 0 Å². The minimum Gasteiger partial charge on any atom is -0.412 e. The molecule has 0 bridgehead atoms. The predicted octanol–water partition coefficient (Wildman–Crippen LogP) is 4.21. The third kappa shape index (κ3) is 20.2. The van der Waals surface area contributed by atoms with Crippen LogP contribution in [0.2, 0.25) is 9.50 Å². The summed E-state index contributed by atoms with van der Waals surface area (Å²) in [5.41, 5.74) is 0. The number of nitrogens with one attached hydrogen (secondary N) is 2. The van der Waals surface area contributed by atoms with Gasteiger partial charge in [0, 0.05) is 0 Å². The van der Waals surface area contributed by atoms with E-state index in [4.69, 9.17) is 18.1 Å². The number of amides is 2. The number of hydrogen-bond acceptors (Lipinski definition) is 8. The van der Waals surface area contributed by atoms with Crippen LogP contribution in [0.4, 0.5) is 0 Å². The van der Waals surface area contributed by atoms with Crippen molar-refractivity contribution in [1.29, 1.82) is 0 Å². The number of carbonyl (C=O) groups is 2. The Balaban J connectivity index is -0.000000901. The van der Waals surface area contributed by atoms with Gasteiger partial charge in [-0.2, -0.15) is 0 Å². The minimum absolute atomic E-state index is 0. The van der Waals surface area contributed by atoms with Crippen LogP contribution in [-0.4, -0.2) is 83.8 Å². The van der Waals surface area contributed by atoms with Gasteiger partial charge >= 0.3 is 313 Å². The first kappa shape index (κ1) is 55.7. The van der Waals surface area contributed by atoms with E-state index < -0.39 is 26.8 Å². The van der Waals surface area contributed by atoms with E-state index in [1.54, 1.807) is 97.1 Å². The number of para-hydroxylation sites is 4. The molecule has 55 heavy (non-hydrogen) atoms. The first-order valence-electron chi connectivity index (χ1n) is 15.9. The molecule has 12 N–H and O–H groups in total. The molecule has 0 heterocycles. The van der Waals surface area contributed by atoms with Crippen molar-refractivity contribution in [2.24, 2.45) is 0 Å². The van der Waals surface area contributed by atoms with Crippen molar-refractivity contribution in [1.82, 2.24) is 10.6 Å². The van der Waals surface area contributed by atoms with Crippen molar-refractivity contribution in [2.75, 3.05) is 0 Å². The fourth-order valence-electron chi connectivity index (χ4n) is 4.48. The summed E-state index contributed by atoms with van der Waals surface area (Å²) in [6.45, 7) is 6.76. The Bertz CT molecular complexity index is 1500. The quantitative estimate of drug-likeness (QED) is 0.121. The summed E-state index contributed by atoms with van der Waals surface area (Å²) in [4.78, 5) is 23.3. The van der Waals surface area contributed by atoms with Gasteiger partial charge in [-0.25, -0.2) is 0 Å². The van der Waals surface area contributed by atoms with E-state index in [-0.39, 0.29) is 48.7 Å². The maximum absolute atomic E-state index is 13.7. The van der Waals surface area contributed by atoms with Crippen LogP contribution in [0.1, 0.15) is 40.5 Å². The van der Waals surface area contributed by atoms with Crippen molar-refractivity contribution < 1.29 is 64.2 Å². The topological polar surface area (TPSA) is 287 Å². The van der Waals surface area contributed by atoms with Crippen LogP contribution in [0.15, 0.2) is 121 Å². The van der Waals surface area contributed by atoms with Crippen molar-refractivity contribution in [3.8, 4) is 23.0 Å². The van der Waals surface area contributed by atoms with Gasteiger partial charge < -0.3 is 27.4 Å². The van der Waals surface area contributed by atoms with Crippen molar-refractivity contribution in [2.45, 2.75) is 61.6 Å². The Morgan fingerprint density at radius 2 is 0.691 bits per heavy atom. The molecule has 4 aromatic carbocycles. The summed E-state index contributed by atoms with van der Waals surface area (Å²) in [7, 11) is -7.43. The Kier molecular flexibility index (Phi) is 28.2. The Labute approximate surface area is 339 Å². The van der Waals surface area contributed by atoms with E-state index in [2.05, 4.69) is 10.6 Å². The maximum Gasteiger partial charge on any atom is -0.412 e. The first-order chi connectivity index (χ1) is 23.8. The molecule has 4 atom stereocenters. The van der Waals surface area contributed by atoms with E-state index in [1.807, 2.05) is 71.1 Å². The van der Waals surface area contributed by atoms with Crippen LogP contribution < -0.4 is 28.7 Å². The van der Waals surface area contributed by atoms with E-state index in [0.717, 1.165) is 0 Å². The van der Waals surface area contributed by atoms with Crippen LogP contribution in [-0.2, 0) is 18.7 Å². The fourth-order valence-corrected chi connectivity index (χ4v) is 10.4. The van der Waals surface area contributed by atoms with E-state index in [0.29, 0.717) is 35.8 Å². The molecule has 302 valence electrons. The van der Waals surface area contributed by atoms with Gasteiger partial charge in [0.1, 0.15) is 0 Å². The first-order valence-corrected chi connectivity index (χ1v) is 21.6. The van der Waals surface area contributed by atoms with Crippen LogP contribution in [0, 0.1) is 0 Å². The molecule has 0 saturated heterocycles. The predicted molar refractivity (Wildman–Crippen MR) is 216 cm³/mol. The van der Waals surface area contributed by atoms with Gasteiger partial charge in [0.25, 0.3) is 0 Å². The summed E-state index contributed by atoms with van der Waals surface area (Å²) in [6, 6.07) is 35.4. The van der Waals surface area contributed by atoms with Gasteiger partial charge in [-0.15, -0.1) is 0 Å². The molecule has 0 aliphatic carbocycles. The second-order valence-electron chi connectivity index (χ2n) is 11.4. The SMILES string of the molecule is CC(=O)NC(C[CH](C)[Ge])P(=O)(Oc1ccccc1)Oc1ccccc1.CC(=O)NC(C[CH](C)[Ge])P(=O)(Oc1ccccc1)Oc1ccccc1.O.O.O.O.O. The van der Waals surface area contributed by atoms with Gasteiger partial charge in [-0.3, -0.25) is 0 Å². The molecule has 2 amide bonds. The van der Waals surface area contributed by atoms with Gasteiger partial charge in [0.2, 0.25) is 0 Å². The number of carbonyl (C=O) groups excluding carboxylic acids is 2. The van der Waals surface area contributed by atoms with Gasteiger partial charge in [0.05, 0.1) is 0 Å². The van der Waals surface area contributed by atoms with Crippen LogP contribution >= 0.6 is 15.2 Å². The summed E-state index contributed by atoms with van der Waals surface area (Å²) >= 11 is 3.98. The number of benzene rings is 4. The van der Waals surface area contributed by atoms with Crippen LogP contribution in [0.25, 0.3) is 0 Å². The summed E-state index contributed by atoms with van der Waals surface area (Å²) in [6.07, 6.45) is 0.938. The van der Waals surface area contributed by atoms with E-state index in [1.165, 1.54) is 13.8 Å². The normalized spacial score (nSPS) is 12.3.